The summed E-state index contributed by atoms with van der Waals surface area (Å²) < 4.78 is 11.4. The quantitative estimate of drug-likeness (QED) is 0.764. The van der Waals surface area contributed by atoms with Gasteiger partial charge in [-0.15, -0.1) is 0 Å². The number of rotatable bonds is 8. The first-order valence-electron chi connectivity index (χ1n) is 7.40. The summed E-state index contributed by atoms with van der Waals surface area (Å²) in [6.07, 6.45) is 0.741. The zero-order chi connectivity index (χ0) is 16.7. The average Bonchev–Trinajstić information content (AvgIpc) is 2.92. The van der Waals surface area contributed by atoms with Gasteiger partial charge in [-0.25, -0.2) is 0 Å². The lowest BCUT2D eigenvalue weighted by molar-refractivity contribution is -0.122. The molecular formula is C17H21BrN2O3. The van der Waals surface area contributed by atoms with E-state index in [1.54, 1.807) is 7.11 Å². The van der Waals surface area contributed by atoms with E-state index in [-0.39, 0.29) is 5.91 Å². The number of likely N-dealkylation sites (N-methyl/N-ethyl adjacent to an activating group) is 1. The molecule has 0 atom stereocenters. The van der Waals surface area contributed by atoms with Gasteiger partial charge in [-0.2, -0.15) is 0 Å². The molecule has 23 heavy (non-hydrogen) atoms. The maximum atomic E-state index is 12.0. The molecule has 0 bridgehead atoms. The Hall–Kier alpha value is -1.79. The third-order valence-corrected chi connectivity index (χ3v) is 3.80. The molecule has 2 rings (SSSR count). The third kappa shape index (κ3) is 5.73. The van der Waals surface area contributed by atoms with Crippen LogP contribution in [0.1, 0.15) is 11.3 Å². The van der Waals surface area contributed by atoms with Gasteiger partial charge < -0.3 is 14.5 Å². The third-order valence-electron chi connectivity index (χ3n) is 3.38. The lowest BCUT2D eigenvalue weighted by atomic mass is 10.1. The van der Waals surface area contributed by atoms with Gasteiger partial charge in [0.1, 0.15) is 11.5 Å². The van der Waals surface area contributed by atoms with Crippen LogP contribution >= 0.6 is 15.9 Å². The van der Waals surface area contributed by atoms with E-state index in [9.17, 15) is 4.79 Å². The second-order valence-electron chi connectivity index (χ2n) is 5.29. The minimum absolute atomic E-state index is 0.00646. The molecule has 0 unspecified atom stereocenters. The SMILES string of the molecule is COc1ccccc1CCNC(=O)CN(C)Cc1ccc(Br)o1. The van der Waals surface area contributed by atoms with Gasteiger partial charge >= 0.3 is 0 Å². The summed E-state index contributed by atoms with van der Waals surface area (Å²) in [4.78, 5) is 13.9. The molecule has 0 aliphatic rings. The van der Waals surface area contributed by atoms with Gasteiger partial charge in [0.15, 0.2) is 4.67 Å². The van der Waals surface area contributed by atoms with Crippen molar-refractivity contribution in [1.29, 1.82) is 0 Å². The zero-order valence-corrected chi connectivity index (χ0v) is 14.9. The molecule has 0 fully saturated rings. The highest BCUT2D eigenvalue weighted by Gasteiger charge is 2.09. The first kappa shape index (κ1) is 17.6. The van der Waals surface area contributed by atoms with E-state index in [0.717, 1.165) is 23.5 Å². The Bertz CT molecular complexity index is 642. The van der Waals surface area contributed by atoms with Crippen molar-refractivity contribution >= 4 is 21.8 Å². The topological polar surface area (TPSA) is 54.7 Å². The number of benzene rings is 1. The van der Waals surface area contributed by atoms with Crippen molar-refractivity contribution in [2.24, 2.45) is 0 Å². The van der Waals surface area contributed by atoms with Crippen LogP contribution in [0.2, 0.25) is 0 Å². The number of ether oxygens (including phenoxy) is 1. The Morgan fingerprint density at radius 1 is 1.30 bits per heavy atom. The van der Waals surface area contributed by atoms with Gasteiger partial charge in [-0.05, 0) is 53.2 Å². The molecular weight excluding hydrogens is 360 g/mol. The van der Waals surface area contributed by atoms with E-state index in [2.05, 4.69) is 21.2 Å². The van der Waals surface area contributed by atoms with Crippen LogP contribution in [-0.2, 0) is 17.8 Å². The smallest absolute Gasteiger partial charge is 0.234 e. The van der Waals surface area contributed by atoms with Crippen molar-refractivity contribution in [3.63, 3.8) is 0 Å². The minimum atomic E-state index is -0.00646. The van der Waals surface area contributed by atoms with Gasteiger partial charge in [-0.1, -0.05) is 18.2 Å². The largest absolute Gasteiger partial charge is 0.496 e. The van der Waals surface area contributed by atoms with Crippen LogP contribution in [0.3, 0.4) is 0 Å². The van der Waals surface area contributed by atoms with Crippen molar-refractivity contribution in [1.82, 2.24) is 10.2 Å². The molecule has 124 valence electrons. The van der Waals surface area contributed by atoms with Crippen LogP contribution in [-0.4, -0.2) is 38.1 Å². The summed E-state index contributed by atoms with van der Waals surface area (Å²) in [6, 6.07) is 11.6. The number of nitrogens with one attached hydrogen (secondary N) is 1. The molecule has 1 aromatic heterocycles. The van der Waals surface area contributed by atoms with Crippen LogP contribution in [0, 0.1) is 0 Å². The van der Waals surface area contributed by atoms with Gasteiger partial charge in [0, 0.05) is 6.54 Å². The lowest BCUT2D eigenvalue weighted by Crippen LogP contribution is -2.35. The highest BCUT2D eigenvalue weighted by atomic mass is 79.9. The van der Waals surface area contributed by atoms with Crippen molar-refractivity contribution in [3.05, 3.63) is 52.4 Å². The van der Waals surface area contributed by atoms with Crippen LogP contribution in [0.5, 0.6) is 5.75 Å². The summed E-state index contributed by atoms with van der Waals surface area (Å²) >= 11 is 3.27. The fourth-order valence-corrected chi connectivity index (χ4v) is 2.65. The zero-order valence-electron chi connectivity index (χ0n) is 13.3. The number of carbonyl (C=O) groups excluding carboxylic acids is 1. The summed E-state index contributed by atoms with van der Waals surface area (Å²) in [5.41, 5.74) is 1.09. The number of amides is 1. The maximum Gasteiger partial charge on any atom is 0.234 e. The predicted octanol–water partition coefficient (Wildman–Crippen LogP) is 2.84. The number of halogens is 1. The first-order valence-corrected chi connectivity index (χ1v) is 8.19. The summed E-state index contributed by atoms with van der Waals surface area (Å²) in [5, 5.41) is 2.93. The second kappa shape index (κ2) is 8.74. The Labute approximate surface area is 144 Å². The fourth-order valence-electron chi connectivity index (χ4n) is 2.31. The van der Waals surface area contributed by atoms with E-state index in [1.807, 2.05) is 48.3 Å². The Kier molecular flexibility index (Phi) is 6.67. The van der Waals surface area contributed by atoms with E-state index in [1.165, 1.54) is 0 Å². The normalized spacial score (nSPS) is 10.8. The van der Waals surface area contributed by atoms with E-state index in [4.69, 9.17) is 9.15 Å². The number of nitrogens with zero attached hydrogens (tertiary/aromatic N) is 1. The maximum absolute atomic E-state index is 12.0. The number of para-hydroxylation sites is 1. The molecule has 5 nitrogen and oxygen atoms in total. The number of carbonyl (C=O) groups is 1. The predicted molar refractivity (Wildman–Crippen MR) is 92.4 cm³/mol. The van der Waals surface area contributed by atoms with E-state index in [0.29, 0.717) is 24.3 Å². The van der Waals surface area contributed by atoms with Gasteiger partial charge in [0.2, 0.25) is 5.91 Å². The highest BCUT2D eigenvalue weighted by molar-refractivity contribution is 9.10. The molecule has 0 aliphatic carbocycles. The van der Waals surface area contributed by atoms with Crippen LogP contribution < -0.4 is 10.1 Å². The second-order valence-corrected chi connectivity index (χ2v) is 6.07. The molecule has 1 aromatic carbocycles. The highest BCUT2D eigenvalue weighted by Crippen LogP contribution is 2.17. The lowest BCUT2D eigenvalue weighted by Gasteiger charge is -2.15. The van der Waals surface area contributed by atoms with Crippen molar-refractivity contribution in [2.45, 2.75) is 13.0 Å². The Morgan fingerprint density at radius 3 is 2.78 bits per heavy atom. The average molecular weight is 381 g/mol. The molecule has 1 heterocycles. The van der Waals surface area contributed by atoms with Gasteiger partial charge in [0.25, 0.3) is 0 Å². The molecule has 0 saturated heterocycles. The molecule has 6 heteroatoms. The molecule has 1 amide bonds. The van der Waals surface area contributed by atoms with Crippen molar-refractivity contribution < 1.29 is 13.9 Å². The summed E-state index contributed by atoms with van der Waals surface area (Å²) in [7, 11) is 3.54. The van der Waals surface area contributed by atoms with Crippen LogP contribution in [0.15, 0.2) is 45.5 Å². The number of hydrogen-bond donors (Lipinski definition) is 1. The standard InChI is InChI=1S/C17H21BrN2O3/c1-20(11-14-7-8-16(18)23-14)12-17(21)19-10-9-13-5-3-4-6-15(13)22-2/h3-8H,9-12H2,1-2H3,(H,19,21). The summed E-state index contributed by atoms with van der Waals surface area (Å²) in [6.45, 7) is 1.50. The van der Waals surface area contributed by atoms with E-state index >= 15 is 0 Å². The Morgan fingerprint density at radius 2 is 2.09 bits per heavy atom. The molecule has 0 saturated carbocycles. The Balaban J connectivity index is 1.72. The first-order chi connectivity index (χ1) is 11.1. The number of methoxy groups -OCH3 is 1. The summed E-state index contributed by atoms with van der Waals surface area (Å²) in [5.74, 6) is 1.66. The van der Waals surface area contributed by atoms with Crippen molar-refractivity contribution in [3.8, 4) is 5.75 Å². The van der Waals surface area contributed by atoms with Crippen LogP contribution in [0.4, 0.5) is 0 Å². The minimum Gasteiger partial charge on any atom is -0.496 e. The number of furan rings is 1. The molecule has 0 spiro atoms. The molecule has 1 N–H and O–H groups in total. The monoisotopic (exact) mass is 380 g/mol. The van der Waals surface area contributed by atoms with Crippen molar-refractivity contribution in [2.75, 3.05) is 27.2 Å². The number of hydrogen-bond acceptors (Lipinski definition) is 4. The molecule has 2 aromatic rings. The van der Waals surface area contributed by atoms with Gasteiger partial charge in [-0.3, -0.25) is 9.69 Å². The van der Waals surface area contributed by atoms with Gasteiger partial charge in [0.05, 0.1) is 20.2 Å². The van der Waals surface area contributed by atoms with E-state index < -0.39 is 0 Å². The fraction of sp³-hybridized carbons (Fsp3) is 0.353. The molecule has 0 radical (unpaired) electrons. The molecule has 0 aliphatic heterocycles. The van der Waals surface area contributed by atoms with Crippen LogP contribution in [0.25, 0.3) is 0 Å².